The maximum Gasteiger partial charge on any atom is 0.246 e. The molecular weight excluding hydrogens is 308 g/mol. The number of rotatable bonds is 15. The molecule has 4 nitrogen and oxygen atoms in total. The molecule has 0 fully saturated rings. The fourth-order valence-electron chi connectivity index (χ4n) is 2.57. The van der Waals surface area contributed by atoms with Crippen molar-refractivity contribution in [3.63, 3.8) is 0 Å². The van der Waals surface area contributed by atoms with E-state index in [9.17, 15) is 8.42 Å². The molecule has 0 aromatic carbocycles. The summed E-state index contributed by atoms with van der Waals surface area (Å²) in [5, 5.41) is 1.28. The third-order valence-electron chi connectivity index (χ3n) is 3.77. The van der Waals surface area contributed by atoms with Crippen molar-refractivity contribution in [2.45, 2.75) is 97.9 Å². The number of hydrazine groups is 1. The molecule has 1 unspecified atom stereocenters. The SMILES string of the molecule is CCCCCCCCCCC=CS(=O)(=O)NNC(C)CC(C)C. The van der Waals surface area contributed by atoms with Gasteiger partial charge < -0.3 is 0 Å². The monoisotopic (exact) mass is 346 g/mol. The Morgan fingerprint density at radius 3 is 2.04 bits per heavy atom. The van der Waals surface area contributed by atoms with Crippen LogP contribution in [-0.2, 0) is 10.0 Å². The zero-order chi connectivity index (χ0) is 17.6. The van der Waals surface area contributed by atoms with Gasteiger partial charge >= 0.3 is 0 Å². The number of hydrogen-bond donors (Lipinski definition) is 2. The highest BCUT2D eigenvalue weighted by atomic mass is 32.2. The van der Waals surface area contributed by atoms with Crippen LogP contribution < -0.4 is 10.3 Å². The average molecular weight is 347 g/mol. The fraction of sp³-hybridized carbons (Fsp3) is 0.889. The summed E-state index contributed by atoms with van der Waals surface area (Å²) < 4.78 is 23.6. The van der Waals surface area contributed by atoms with Crippen molar-refractivity contribution in [2.75, 3.05) is 0 Å². The smallest absolute Gasteiger partial charge is 0.241 e. The van der Waals surface area contributed by atoms with Gasteiger partial charge in [0.2, 0.25) is 10.0 Å². The van der Waals surface area contributed by atoms with Gasteiger partial charge in [0, 0.05) is 11.4 Å². The van der Waals surface area contributed by atoms with Crippen LogP contribution in [0, 0.1) is 5.92 Å². The third-order valence-corrected chi connectivity index (χ3v) is 4.73. The van der Waals surface area contributed by atoms with Crippen LogP contribution >= 0.6 is 0 Å². The first kappa shape index (κ1) is 22.6. The molecule has 0 bridgehead atoms. The lowest BCUT2D eigenvalue weighted by Gasteiger charge is -2.15. The van der Waals surface area contributed by atoms with Gasteiger partial charge in [0.05, 0.1) is 0 Å². The van der Waals surface area contributed by atoms with Gasteiger partial charge in [-0.1, -0.05) is 71.8 Å². The molecule has 0 heterocycles. The second kappa shape index (κ2) is 14.0. The summed E-state index contributed by atoms with van der Waals surface area (Å²) in [4.78, 5) is 2.43. The number of sulfonamides is 1. The molecule has 0 aliphatic heterocycles. The Kier molecular flexibility index (Phi) is 13.8. The Morgan fingerprint density at radius 2 is 1.48 bits per heavy atom. The van der Waals surface area contributed by atoms with Crippen LogP contribution in [0.3, 0.4) is 0 Å². The van der Waals surface area contributed by atoms with E-state index in [1.54, 1.807) is 6.08 Å². The fourth-order valence-corrected chi connectivity index (χ4v) is 3.40. The standard InChI is InChI=1S/C18H38N2O2S/c1-5-6-7-8-9-10-11-12-13-14-15-23(21,22)20-19-18(4)16-17(2)3/h14-15,17-20H,5-13,16H2,1-4H3. The van der Waals surface area contributed by atoms with Gasteiger partial charge in [0.15, 0.2) is 0 Å². The van der Waals surface area contributed by atoms with Crippen LogP contribution in [0.25, 0.3) is 0 Å². The first-order chi connectivity index (χ1) is 10.9. The first-order valence-corrected chi connectivity index (χ1v) is 10.9. The molecule has 0 saturated carbocycles. The van der Waals surface area contributed by atoms with Crippen molar-refractivity contribution in [2.24, 2.45) is 5.92 Å². The summed E-state index contributed by atoms with van der Waals surface area (Å²) in [6.45, 7) is 8.45. The highest BCUT2D eigenvalue weighted by Crippen LogP contribution is 2.10. The second-order valence-corrected chi connectivity index (χ2v) is 8.52. The Labute approximate surface area is 144 Å². The Hall–Kier alpha value is -0.390. The van der Waals surface area contributed by atoms with Crippen molar-refractivity contribution in [3.8, 4) is 0 Å². The number of unbranched alkanes of at least 4 members (excludes halogenated alkanes) is 8. The van der Waals surface area contributed by atoms with Crippen molar-refractivity contribution in [3.05, 3.63) is 11.5 Å². The summed E-state index contributed by atoms with van der Waals surface area (Å²) in [6, 6.07) is 0.130. The lowest BCUT2D eigenvalue weighted by Crippen LogP contribution is -2.42. The molecule has 23 heavy (non-hydrogen) atoms. The van der Waals surface area contributed by atoms with Crippen LogP contribution in [0.2, 0.25) is 0 Å². The lowest BCUT2D eigenvalue weighted by atomic mass is 10.1. The summed E-state index contributed by atoms with van der Waals surface area (Å²) in [5.74, 6) is 0.541. The van der Waals surface area contributed by atoms with Crippen molar-refractivity contribution >= 4 is 10.0 Å². The predicted molar refractivity (Wildman–Crippen MR) is 100 cm³/mol. The van der Waals surface area contributed by atoms with Crippen LogP contribution in [-0.4, -0.2) is 14.5 Å². The molecule has 0 aliphatic carbocycles. The zero-order valence-electron chi connectivity index (χ0n) is 15.6. The zero-order valence-corrected chi connectivity index (χ0v) is 16.4. The number of hydrogen-bond acceptors (Lipinski definition) is 3. The van der Waals surface area contributed by atoms with Crippen molar-refractivity contribution < 1.29 is 8.42 Å². The minimum absolute atomic E-state index is 0.130. The normalized spacial score (nSPS) is 14.0. The molecule has 0 radical (unpaired) electrons. The lowest BCUT2D eigenvalue weighted by molar-refractivity contribution is 0.426. The molecule has 138 valence electrons. The Balaban J connectivity index is 3.68. The maximum absolute atomic E-state index is 11.8. The molecule has 0 rings (SSSR count). The number of nitrogens with one attached hydrogen (secondary N) is 2. The van der Waals surface area contributed by atoms with Crippen LogP contribution in [0.5, 0.6) is 0 Å². The van der Waals surface area contributed by atoms with Gasteiger partial charge in [-0.05, 0) is 32.1 Å². The van der Waals surface area contributed by atoms with Gasteiger partial charge in [0.1, 0.15) is 0 Å². The molecule has 0 aromatic heterocycles. The first-order valence-electron chi connectivity index (χ1n) is 9.31. The van der Waals surface area contributed by atoms with E-state index in [0.717, 1.165) is 19.3 Å². The average Bonchev–Trinajstić information content (AvgIpc) is 2.46. The van der Waals surface area contributed by atoms with E-state index in [-0.39, 0.29) is 6.04 Å². The summed E-state index contributed by atoms with van der Waals surface area (Å²) in [7, 11) is -3.36. The molecule has 5 heteroatoms. The maximum atomic E-state index is 11.8. The predicted octanol–water partition coefficient (Wildman–Crippen LogP) is 4.89. The van der Waals surface area contributed by atoms with Crippen molar-refractivity contribution in [1.29, 1.82) is 0 Å². The van der Waals surface area contributed by atoms with Crippen LogP contribution in [0.15, 0.2) is 11.5 Å². The van der Waals surface area contributed by atoms with E-state index in [2.05, 4.69) is 31.0 Å². The highest BCUT2D eigenvalue weighted by Gasteiger charge is 2.08. The van der Waals surface area contributed by atoms with E-state index in [4.69, 9.17) is 0 Å². The van der Waals surface area contributed by atoms with E-state index in [0.29, 0.717) is 5.92 Å². The molecule has 2 N–H and O–H groups in total. The van der Waals surface area contributed by atoms with E-state index in [1.807, 2.05) is 6.92 Å². The summed E-state index contributed by atoms with van der Waals surface area (Å²) in [6.07, 6.45) is 13.7. The van der Waals surface area contributed by atoms with E-state index >= 15 is 0 Å². The van der Waals surface area contributed by atoms with Gasteiger partial charge in [-0.2, -0.15) is 0 Å². The highest BCUT2D eigenvalue weighted by molar-refractivity contribution is 7.92. The number of allylic oxidation sites excluding steroid dienone is 1. The Morgan fingerprint density at radius 1 is 0.913 bits per heavy atom. The van der Waals surface area contributed by atoms with Gasteiger partial charge in [-0.15, -0.1) is 4.83 Å². The Bertz CT molecular complexity index is 392. The van der Waals surface area contributed by atoms with Gasteiger partial charge in [0.25, 0.3) is 0 Å². The van der Waals surface area contributed by atoms with Gasteiger partial charge in [-0.3, -0.25) is 0 Å². The summed E-state index contributed by atoms with van der Waals surface area (Å²) in [5.41, 5.74) is 2.85. The summed E-state index contributed by atoms with van der Waals surface area (Å²) >= 11 is 0. The minimum atomic E-state index is -3.36. The minimum Gasteiger partial charge on any atom is -0.241 e. The van der Waals surface area contributed by atoms with Crippen LogP contribution in [0.1, 0.15) is 91.9 Å². The molecule has 1 atom stereocenters. The van der Waals surface area contributed by atoms with Gasteiger partial charge in [-0.25, -0.2) is 13.8 Å². The molecule has 0 saturated heterocycles. The molecule has 0 amide bonds. The van der Waals surface area contributed by atoms with E-state index < -0.39 is 10.0 Å². The molecule has 0 spiro atoms. The van der Waals surface area contributed by atoms with E-state index in [1.165, 1.54) is 50.4 Å². The molecular formula is C18H38N2O2S. The molecule has 0 aromatic rings. The van der Waals surface area contributed by atoms with Crippen molar-refractivity contribution in [1.82, 2.24) is 10.3 Å². The molecule has 0 aliphatic rings. The topological polar surface area (TPSA) is 58.2 Å². The third kappa shape index (κ3) is 16.3. The quantitative estimate of drug-likeness (QED) is 0.328. The largest absolute Gasteiger partial charge is 0.246 e. The van der Waals surface area contributed by atoms with Crippen LogP contribution in [0.4, 0.5) is 0 Å². The second-order valence-electron chi connectivity index (χ2n) is 6.96.